The Bertz CT molecular complexity index is 1450. The average molecular weight is 516 g/mol. The van der Waals surface area contributed by atoms with E-state index in [0.717, 1.165) is 12.1 Å². The first-order chi connectivity index (χ1) is 17.3. The number of nitrogens with zero attached hydrogens (tertiary/aromatic N) is 5. The number of pyridine rings is 1. The number of aliphatic hydroxyl groups is 1. The molecule has 1 aliphatic heterocycles. The molecule has 3 N–H and O–H groups in total. The summed E-state index contributed by atoms with van der Waals surface area (Å²) in [5.74, 6) is -1.70. The van der Waals surface area contributed by atoms with Gasteiger partial charge in [-0.1, -0.05) is 17.7 Å². The summed E-state index contributed by atoms with van der Waals surface area (Å²) in [4.78, 5) is 29.7. The standard InChI is InChI=1S/C23H20ClF2N7O3/c1-27-22(35)17-6-16(34)23(36-17)33-10-30-18-20(29-7-11-2-3-14(25)15(26)4-11)31-19(32-21(18)33)12-5-13(24)9-28-8-12/h2-5,8-10,16-17,23,34H,6-7H2,1H3,(H,27,35)(H,29,31,32)/t16-,17+,23-/m1/s1. The maximum absolute atomic E-state index is 13.7. The van der Waals surface area contributed by atoms with Crippen LogP contribution >= 0.6 is 11.6 Å². The monoisotopic (exact) mass is 515 g/mol. The molecule has 4 aromatic rings. The van der Waals surface area contributed by atoms with Crippen LogP contribution in [0.2, 0.25) is 5.02 Å². The summed E-state index contributed by atoms with van der Waals surface area (Å²) in [5.41, 5.74) is 1.66. The molecule has 1 fully saturated rings. The summed E-state index contributed by atoms with van der Waals surface area (Å²) in [5, 5.41) is 16.6. The minimum Gasteiger partial charge on any atom is -0.388 e. The van der Waals surface area contributed by atoms with Crippen molar-refractivity contribution in [3.63, 3.8) is 0 Å². The van der Waals surface area contributed by atoms with Gasteiger partial charge in [-0.05, 0) is 23.8 Å². The van der Waals surface area contributed by atoms with E-state index in [2.05, 4.69) is 30.6 Å². The van der Waals surface area contributed by atoms with Gasteiger partial charge < -0.3 is 20.5 Å². The van der Waals surface area contributed by atoms with Crippen LogP contribution in [0.5, 0.6) is 0 Å². The van der Waals surface area contributed by atoms with Crippen LogP contribution in [0.15, 0.2) is 43.0 Å². The number of nitrogens with one attached hydrogen (secondary N) is 2. The van der Waals surface area contributed by atoms with Gasteiger partial charge in [0.15, 0.2) is 40.7 Å². The van der Waals surface area contributed by atoms with E-state index in [0.29, 0.717) is 33.1 Å². The zero-order valence-corrected chi connectivity index (χ0v) is 19.6. The topological polar surface area (TPSA) is 127 Å². The third kappa shape index (κ3) is 4.57. The number of halogens is 3. The normalized spacial score (nSPS) is 19.5. The van der Waals surface area contributed by atoms with Crippen LogP contribution in [0.1, 0.15) is 18.2 Å². The number of benzene rings is 1. The number of rotatable bonds is 6. The number of hydrogen-bond donors (Lipinski definition) is 3. The number of amides is 1. The fraction of sp³-hybridized carbons (Fsp3) is 0.261. The van der Waals surface area contributed by atoms with E-state index < -0.39 is 30.1 Å². The summed E-state index contributed by atoms with van der Waals surface area (Å²) in [6, 6.07) is 5.22. The van der Waals surface area contributed by atoms with Crippen LogP contribution in [0.25, 0.3) is 22.6 Å². The van der Waals surface area contributed by atoms with Gasteiger partial charge in [0.05, 0.1) is 11.3 Å². The number of anilines is 1. The highest BCUT2D eigenvalue weighted by Gasteiger charge is 2.39. The van der Waals surface area contributed by atoms with E-state index in [4.69, 9.17) is 16.3 Å². The molecule has 10 nitrogen and oxygen atoms in total. The number of imidazole rings is 1. The molecule has 36 heavy (non-hydrogen) atoms. The van der Waals surface area contributed by atoms with Crippen molar-refractivity contribution >= 4 is 34.5 Å². The second-order valence-electron chi connectivity index (χ2n) is 8.15. The molecule has 0 saturated carbocycles. The molecule has 0 radical (unpaired) electrons. The molecule has 0 bridgehead atoms. The molecule has 1 aromatic carbocycles. The number of aromatic nitrogens is 5. The van der Waals surface area contributed by atoms with Gasteiger partial charge in [0.1, 0.15) is 12.2 Å². The number of carbonyl (C=O) groups excluding carboxylic acids is 1. The van der Waals surface area contributed by atoms with Crippen molar-refractivity contribution in [3.05, 3.63) is 65.2 Å². The molecule has 0 unspecified atom stereocenters. The Morgan fingerprint density at radius 3 is 2.83 bits per heavy atom. The van der Waals surface area contributed by atoms with Crippen LogP contribution in [-0.4, -0.2) is 54.8 Å². The van der Waals surface area contributed by atoms with E-state index in [9.17, 15) is 18.7 Å². The molecule has 1 amide bonds. The predicted octanol–water partition coefficient (Wildman–Crippen LogP) is 2.83. The van der Waals surface area contributed by atoms with Gasteiger partial charge >= 0.3 is 0 Å². The summed E-state index contributed by atoms with van der Waals surface area (Å²) in [7, 11) is 1.49. The number of fused-ring (bicyclic) bond motifs is 1. The summed E-state index contributed by atoms with van der Waals surface area (Å²) in [6.45, 7) is 0.116. The van der Waals surface area contributed by atoms with E-state index in [1.807, 2.05) is 0 Å². The van der Waals surface area contributed by atoms with Gasteiger partial charge in [-0.3, -0.25) is 14.3 Å². The van der Waals surface area contributed by atoms with Crippen LogP contribution < -0.4 is 10.6 Å². The number of likely N-dealkylation sites (N-methyl/N-ethyl adjacent to an activating group) is 1. The van der Waals surface area contributed by atoms with E-state index in [1.54, 1.807) is 6.07 Å². The van der Waals surface area contributed by atoms with Crippen LogP contribution in [0.4, 0.5) is 14.6 Å². The Kier molecular flexibility index (Phi) is 6.48. The lowest BCUT2D eigenvalue weighted by atomic mass is 10.2. The van der Waals surface area contributed by atoms with Crippen LogP contribution in [0.3, 0.4) is 0 Å². The summed E-state index contributed by atoms with van der Waals surface area (Å²) < 4.78 is 34.3. The molecular weight excluding hydrogens is 496 g/mol. The van der Waals surface area contributed by atoms with Crippen molar-refractivity contribution in [1.29, 1.82) is 0 Å². The van der Waals surface area contributed by atoms with Crippen molar-refractivity contribution in [3.8, 4) is 11.4 Å². The molecule has 3 aromatic heterocycles. The average Bonchev–Trinajstić information content (AvgIpc) is 3.47. The second kappa shape index (κ2) is 9.72. The largest absolute Gasteiger partial charge is 0.388 e. The predicted molar refractivity (Wildman–Crippen MR) is 126 cm³/mol. The Hall–Kier alpha value is -3.74. The fourth-order valence-electron chi connectivity index (χ4n) is 3.96. The third-order valence-corrected chi connectivity index (χ3v) is 5.94. The third-order valence-electron chi connectivity index (χ3n) is 5.73. The van der Waals surface area contributed by atoms with Crippen LogP contribution in [-0.2, 0) is 16.1 Å². The number of carbonyl (C=O) groups is 1. The first-order valence-corrected chi connectivity index (χ1v) is 11.3. The minimum absolute atomic E-state index is 0.0986. The molecular formula is C23H20ClF2N7O3. The smallest absolute Gasteiger partial charge is 0.249 e. The number of hydrogen-bond acceptors (Lipinski definition) is 8. The maximum atomic E-state index is 13.7. The fourth-order valence-corrected chi connectivity index (χ4v) is 4.13. The van der Waals surface area contributed by atoms with Gasteiger partial charge in [0.2, 0.25) is 5.91 Å². The van der Waals surface area contributed by atoms with Gasteiger partial charge in [-0.15, -0.1) is 0 Å². The maximum Gasteiger partial charge on any atom is 0.249 e. The highest BCUT2D eigenvalue weighted by Crippen LogP contribution is 2.33. The van der Waals surface area contributed by atoms with Crippen molar-refractivity contribution < 1.29 is 23.4 Å². The van der Waals surface area contributed by atoms with Gasteiger partial charge in [0, 0.05) is 38.0 Å². The molecule has 1 aliphatic rings. The molecule has 5 rings (SSSR count). The van der Waals surface area contributed by atoms with Crippen molar-refractivity contribution in [2.45, 2.75) is 31.4 Å². The van der Waals surface area contributed by atoms with Crippen molar-refractivity contribution in [1.82, 2.24) is 29.8 Å². The zero-order chi connectivity index (χ0) is 25.4. The van der Waals surface area contributed by atoms with Gasteiger partial charge in [-0.25, -0.2) is 23.7 Å². The lowest BCUT2D eigenvalue weighted by molar-refractivity contribution is -0.134. The molecule has 0 spiro atoms. The highest BCUT2D eigenvalue weighted by atomic mass is 35.5. The lowest BCUT2D eigenvalue weighted by Gasteiger charge is -2.17. The van der Waals surface area contributed by atoms with Gasteiger partial charge in [-0.2, -0.15) is 0 Å². The first-order valence-electron chi connectivity index (χ1n) is 10.9. The summed E-state index contributed by atoms with van der Waals surface area (Å²) >= 11 is 6.11. The Balaban J connectivity index is 1.56. The van der Waals surface area contributed by atoms with E-state index in [-0.39, 0.29) is 24.7 Å². The Labute approximate surface area is 208 Å². The molecule has 3 atom stereocenters. The summed E-state index contributed by atoms with van der Waals surface area (Å²) in [6.07, 6.45) is 1.79. The molecule has 4 heterocycles. The van der Waals surface area contributed by atoms with E-state index >= 15 is 0 Å². The number of ether oxygens (including phenoxy) is 1. The second-order valence-corrected chi connectivity index (χ2v) is 8.58. The van der Waals surface area contributed by atoms with Crippen molar-refractivity contribution in [2.75, 3.05) is 12.4 Å². The number of aliphatic hydroxyl groups excluding tert-OH is 1. The van der Waals surface area contributed by atoms with E-state index in [1.165, 1.54) is 36.4 Å². The first kappa shape index (κ1) is 24.0. The van der Waals surface area contributed by atoms with Crippen LogP contribution in [0, 0.1) is 11.6 Å². The SMILES string of the molecule is CNC(=O)[C@@H]1C[C@@H](O)[C@H](n2cnc3c(NCc4ccc(F)c(F)c4)nc(-c4cncc(Cl)c4)nc32)O1. The molecule has 1 saturated heterocycles. The Morgan fingerprint density at radius 1 is 1.25 bits per heavy atom. The minimum atomic E-state index is -0.991. The molecule has 186 valence electrons. The Morgan fingerprint density at radius 2 is 2.08 bits per heavy atom. The quantitative estimate of drug-likeness (QED) is 0.358. The molecule has 13 heteroatoms. The van der Waals surface area contributed by atoms with Gasteiger partial charge in [0.25, 0.3) is 0 Å². The molecule has 0 aliphatic carbocycles. The lowest BCUT2D eigenvalue weighted by Crippen LogP contribution is -2.31. The zero-order valence-electron chi connectivity index (χ0n) is 18.8. The van der Waals surface area contributed by atoms with Crippen molar-refractivity contribution in [2.24, 2.45) is 0 Å². The highest BCUT2D eigenvalue weighted by molar-refractivity contribution is 6.30.